The smallest absolute Gasteiger partial charge is 0.247 e. The maximum absolute atomic E-state index is 14.6. The molecular formula is C30H35F2N7O3. The van der Waals surface area contributed by atoms with Gasteiger partial charge in [-0.1, -0.05) is 6.58 Å². The number of nitrogens with zero attached hydrogens (tertiary/aromatic N) is 5. The molecule has 0 spiro atoms. The van der Waals surface area contributed by atoms with Gasteiger partial charge in [0.15, 0.2) is 5.82 Å². The third kappa shape index (κ3) is 6.29. The van der Waals surface area contributed by atoms with Gasteiger partial charge in [0.1, 0.15) is 29.5 Å². The van der Waals surface area contributed by atoms with Gasteiger partial charge in [0.2, 0.25) is 5.91 Å². The molecule has 1 atom stereocenters. The molecule has 222 valence electrons. The number of benzene rings is 2. The molecule has 0 aliphatic carbocycles. The highest BCUT2D eigenvalue weighted by Crippen LogP contribution is 2.40. The van der Waals surface area contributed by atoms with Crippen LogP contribution in [-0.4, -0.2) is 67.7 Å². The minimum Gasteiger partial charge on any atom is -0.494 e. The quantitative estimate of drug-likeness (QED) is 0.338. The average molecular weight is 580 g/mol. The van der Waals surface area contributed by atoms with Crippen molar-refractivity contribution in [2.75, 3.05) is 61.5 Å². The molecular weight excluding hydrogens is 544 g/mol. The molecule has 0 bridgehead atoms. The van der Waals surface area contributed by atoms with E-state index in [1.54, 1.807) is 19.2 Å². The van der Waals surface area contributed by atoms with Crippen molar-refractivity contribution in [1.82, 2.24) is 14.9 Å². The molecule has 2 saturated heterocycles. The summed E-state index contributed by atoms with van der Waals surface area (Å²) in [4.78, 5) is 31.3. The van der Waals surface area contributed by atoms with Crippen molar-refractivity contribution >= 4 is 34.6 Å². The van der Waals surface area contributed by atoms with Gasteiger partial charge in [-0.05, 0) is 57.3 Å². The minimum absolute atomic E-state index is 0.190. The van der Waals surface area contributed by atoms with E-state index in [9.17, 15) is 13.6 Å². The van der Waals surface area contributed by atoms with Crippen LogP contribution in [0.15, 0.2) is 55.4 Å². The number of anilines is 5. The Kier molecular flexibility index (Phi) is 8.83. The van der Waals surface area contributed by atoms with Crippen LogP contribution in [-0.2, 0) is 9.63 Å². The van der Waals surface area contributed by atoms with Crippen LogP contribution >= 0.6 is 0 Å². The Morgan fingerprint density at radius 3 is 2.62 bits per heavy atom. The zero-order valence-corrected chi connectivity index (χ0v) is 23.9. The molecule has 1 amide bonds. The summed E-state index contributed by atoms with van der Waals surface area (Å²) in [6.07, 6.45) is 5.03. The number of methoxy groups -OCH3 is 1. The Morgan fingerprint density at radius 2 is 1.90 bits per heavy atom. The van der Waals surface area contributed by atoms with Crippen molar-refractivity contribution < 1.29 is 23.1 Å². The molecule has 1 unspecified atom stereocenters. The van der Waals surface area contributed by atoms with Crippen LogP contribution < -0.4 is 25.3 Å². The second-order valence-corrected chi connectivity index (χ2v) is 10.5. The predicted molar refractivity (Wildman–Crippen MR) is 158 cm³/mol. The largest absolute Gasteiger partial charge is 0.494 e. The highest BCUT2D eigenvalue weighted by molar-refractivity contribution is 6.02. The number of ether oxygens (including phenoxy) is 1. The van der Waals surface area contributed by atoms with Crippen molar-refractivity contribution in [3.8, 4) is 5.75 Å². The van der Waals surface area contributed by atoms with Crippen molar-refractivity contribution in [2.24, 2.45) is 0 Å². The standard InChI is InChI=1S/C30H35F2N7O3/c1-5-30(40)36-23-15-24(27(41-4)16-26(23)38-11-8-20(9-12-38)37(2)3)35-28-17-29(34-18-33-28)39-25(10-13-42-39)21-14-19(31)6-7-22(21)32/h5-7,14-18,20,25H,1,8-13H2,2-4H3,(H,36,40)(H,33,34,35). The van der Waals surface area contributed by atoms with Gasteiger partial charge in [0.05, 0.1) is 36.8 Å². The van der Waals surface area contributed by atoms with Crippen LogP contribution in [0.25, 0.3) is 0 Å². The third-order valence-corrected chi connectivity index (χ3v) is 7.66. The molecule has 5 rings (SSSR count). The Hall–Kier alpha value is -4.29. The second-order valence-electron chi connectivity index (χ2n) is 10.5. The molecule has 1 aromatic heterocycles. The molecule has 0 radical (unpaired) electrons. The maximum atomic E-state index is 14.6. The highest BCUT2D eigenvalue weighted by Gasteiger charge is 2.32. The van der Waals surface area contributed by atoms with Crippen molar-refractivity contribution in [2.45, 2.75) is 31.3 Å². The minimum atomic E-state index is -0.561. The van der Waals surface area contributed by atoms with Gasteiger partial charge in [0.25, 0.3) is 0 Å². The first kappa shape index (κ1) is 29.2. The molecule has 2 aliphatic heterocycles. The van der Waals surface area contributed by atoms with E-state index in [2.05, 4.69) is 51.1 Å². The summed E-state index contributed by atoms with van der Waals surface area (Å²) < 4.78 is 34.3. The fourth-order valence-corrected chi connectivity index (χ4v) is 5.43. The summed E-state index contributed by atoms with van der Waals surface area (Å²) in [6.45, 7) is 5.56. The van der Waals surface area contributed by atoms with Crippen LogP contribution in [0.1, 0.15) is 30.9 Å². The summed E-state index contributed by atoms with van der Waals surface area (Å²) in [6, 6.07) is 8.65. The van der Waals surface area contributed by atoms with Gasteiger partial charge in [-0.25, -0.2) is 23.8 Å². The number of piperidine rings is 1. The lowest BCUT2D eigenvalue weighted by Gasteiger charge is -2.37. The molecule has 2 aliphatic rings. The van der Waals surface area contributed by atoms with E-state index in [1.807, 2.05) is 6.07 Å². The van der Waals surface area contributed by atoms with Crippen molar-refractivity contribution in [1.29, 1.82) is 0 Å². The van der Waals surface area contributed by atoms with Crippen molar-refractivity contribution in [3.05, 3.63) is 72.6 Å². The van der Waals surface area contributed by atoms with Gasteiger partial charge >= 0.3 is 0 Å². The van der Waals surface area contributed by atoms with E-state index in [1.165, 1.54) is 23.5 Å². The van der Waals surface area contributed by atoms with Crippen molar-refractivity contribution in [3.63, 3.8) is 0 Å². The van der Waals surface area contributed by atoms with E-state index in [0.29, 0.717) is 47.8 Å². The molecule has 10 nitrogen and oxygen atoms in total. The van der Waals surface area contributed by atoms with Crippen LogP contribution in [0, 0.1) is 11.6 Å². The predicted octanol–water partition coefficient (Wildman–Crippen LogP) is 5.04. The zero-order valence-electron chi connectivity index (χ0n) is 23.9. The summed E-state index contributed by atoms with van der Waals surface area (Å²) >= 11 is 0. The van der Waals surface area contributed by atoms with Gasteiger partial charge in [-0.2, -0.15) is 0 Å². The summed E-state index contributed by atoms with van der Waals surface area (Å²) in [7, 11) is 5.76. The fourth-order valence-electron chi connectivity index (χ4n) is 5.43. The highest BCUT2D eigenvalue weighted by atomic mass is 19.1. The number of nitrogens with one attached hydrogen (secondary N) is 2. The summed E-state index contributed by atoms with van der Waals surface area (Å²) in [5.74, 6) is -0.0456. The third-order valence-electron chi connectivity index (χ3n) is 7.66. The number of amides is 1. The number of rotatable bonds is 9. The first-order chi connectivity index (χ1) is 20.3. The second kappa shape index (κ2) is 12.7. The number of carbonyl (C=O) groups excluding carboxylic acids is 1. The lowest BCUT2D eigenvalue weighted by atomic mass is 10.0. The monoisotopic (exact) mass is 579 g/mol. The number of aromatic nitrogens is 2. The van der Waals surface area contributed by atoms with E-state index < -0.39 is 17.7 Å². The van der Waals surface area contributed by atoms with E-state index in [0.717, 1.165) is 43.8 Å². The SMILES string of the molecule is C=CC(=O)Nc1cc(Nc2cc(N3OCCC3c3cc(F)ccc3F)ncn2)c(OC)cc1N1CCC(N(C)C)CC1. The van der Waals surface area contributed by atoms with E-state index in [-0.39, 0.29) is 11.5 Å². The van der Waals surface area contributed by atoms with Crippen LogP contribution in [0.2, 0.25) is 0 Å². The average Bonchev–Trinajstić information content (AvgIpc) is 3.48. The Balaban J connectivity index is 1.43. The van der Waals surface area contributed by atoms with E-state index in [4.69, 9.17) is 9.57 Å². The topological polar surface area (TPSA) is 95.1 Å². The van der Waals surface area contributed by atoms with Crippen LogP contribution in [0.3, 0.4) is 0 Å². The fraction of sp³-hybridized carbons (Fsp3) is 0.367. The molecule has 3 heterocycles. The molecule has 2 aromatic carbocycles. The van der Waals surface area contributed by atoms with Gasteiger partial charge in [0, 0.05) is 43.2 Å². The number of hydrogen-bond acceptors (Lipinski definition) is 9. The molecule has 3 aromatic rings. The number of carbonyl (C=O) groups is 1. The number of halogens is 2. The van der Waals surface area contributed by atoms with Gasteiger partial charge < -0.3 is 25.2 Å². The lowest BCUT2D eigenvalue weighted by Crippen LogP contribution is -2.42. The molecule has 0 saturated carbocycles. The molecule has 12 heteroatoms. The van der Waals surface area contributed by atoms with Crippen LogP contribution in [0.4, 0.5) is 37.5 Å². The van der Waals surface area contributed by atoms with Gasteiger partial charge in [-0.3, -0.25) is 9.63 Å². The van der Waals surface area contributed by atoms with Crippen LogP contribution in [0.5, 0.6) is 5.75 Å². The summed E-state index contributed by atoms with van der Waals surface area (Å²) in [5.41, 5.74) is 2.20. The molecule has 2 N–H and O–H groups in total. The van der Waals surface area contributed by atoms with E-state index >= 15 is 0 Å². The Labute approximate surface area is 243 Å². The molecule has 2 fully saturated rings. The Morgan fingerprint density at radius 1 is 1.12 bits per heavy atom. The van der Waals surface area contributed by atoms with Gasteiger partial charge in [-0.15, -0.1) is 0 Å². The number of hydroxylamine groups is 1. The summed E-state index contributed by atoms with van der Waals surface area (Å²) in [5, 5.41) is 7.65. The maximum Gasteiger partial charge on any atom is 0.247 e. The normalized spacial score (nSPS) is 17.4. The molecule has 42 heavy (non-hydrogen) atoms. The Bertz CT molecular complexity index is 1450. The number of hydrogen-bond donors (Lipinski definition) is 2. The lowest BCUT2D eigenvalue weighted by molar-refractivity contribution is -0.111. The zero-order chi connectivity index (χ0) is 29.8. The first-order valence-corrected chi connectivity index (χ1v) is 13.8. The first-order valence-electron chi connectivity index (χ1n) is 13.8.